The van der Waals surface area contributed by atoms with Gasteiger partial charge in [-0.1, -0.05) is 18.2 Å². The Bertz CT molecular complexity index is 698. The monoisotopic (exact) mass is 387 g/mol. The number of carboxylic acid groups (broad SMARTS) is 1. The van der Waals surface area contributed by atoms with E-state index in [2.05, 4.69) is 35.1 Å². The Labute approximate surface area is 155 Å². The Morgan fingerprint density at radius 1 is 1.19 bits per heavy atom. The molecule has 2 aromatic rings. The number of carbonyl (C=O) groups is 1. The van der Waals surface area contributed by atoms with Gasteiger partial charge in [0.2, 0.25) is 0 Å². The lowest BCUT2D eigenvalue weighted by Gasteiger charge is -2.19. The van der Waals surface area contributed by atoms with Crippen molar-refractivity contribution in [2.75, 3.05) is 26.2 Å². The first-order valence-electron chi connectivity index (χ1n) is 8.22. The minimum Gasteiger partial charge on any atom is -0.475 e. The fraction of sp³-hybridized carbons (Fsp3) is 0.412. The van der Waals surface area contributed by atoms with E-state index in [4.69, 9.17) is 21.4 Å². The van der Waals surface area contributed by atoms with Crippen molar-refractivity contribution in [2.45, 2.75) is 19.6 Å². The van der Waals surface area contributed by atoms with Gasteiger partial charge in [-0.25, -0.2) is 9.48 Å². The third-order valence-electron chi connectivity index (χ3n) is 3.46. The topological polar surface area (TPSA) is 110 Å². The molecule has 0 aliphatic heterocycles. The lowest BCUT2D eigenvalue weighted by atomic mass is 10.3. The molecule has 27 heavy (non-hydrogen) atoms. The van der Waals surface area contributed by atoms with Crippen molar-refractivity contribution >= 4 is 5.97 Å². The molecule has 7 nitrogen and oxygen atoms in total. The number of hydrogen-bond acceptors (Lipinski definition) is 5. The van der Waals surface area contributed by atoms with Gasteiger partial charge in [-0.15, -0.1) is 0 Å². The molecular weight excluding hydrogens is 363 g/mol. The first kappa shape index (κ1) is 22.6. The highest BCUT2D eigenvalue weighted by Crippen LogP contribution is 2.13. The van der Waals surface area contributed by atoms with Gasteiger partial charge in [-0.05, 0) is 25.1 Å². The number of alkyl halides is 3. The maximum Gasteiger partial charge on any atom is 0.490 e. The lowest BCUT2D eigenvalue weighted by Crippen LogP contribution is -2.33. The molecule has 1 aromatic heterocycles. The Kier molecular flexibility index (Phi) is 8.92. The summed E-state index contributed by atoms with van der Waals surface area (Å²) in [6.07, 6.45) is -5.08. The summed E-state index contributed by atoms with van der Waals surface area (Å²) in [5.41, 5.74) is 14.5. The molecule has 0 radical (unpaired) electrons. The summed E-state index contributed by atoms with van der Waals surface area (Å²) in [6.45, 7) is 5.81. The molecule has 0 fully saturated rings. The van der Waals surface area contributed by atoms with Crippen LogP contribution in [0.5, 0.6) is 0 Å². The Morgan fingerprint density at radius 2 is 1.70 bits per heavy atom. The predicted octanol–water partition coefficient (Wildman–Crippen LogP) is 1.53. The third-order valence-corrected chi connectivity index (χ3v) is 3.46. The van der Waals surface area contributed by atoms with Crippen LogP contribution in [-0.4, -0.2) is 58.1 Å². The fourth-order valence-electron chi connectivity index (χ4n) is 2.31. The van der Waals surface area contributed by atoms with E-state index in [-0.39, 0.29) is 0 Å². The standard InChI is InChI=1S/C15H23N5.C2HF3O2/c1-13-11-14(12-19(9-7-16)10-8-17)18-20(13)15-5-3-2-4-6-15;3-2(4,5)1(6)7/h2-6,11H,7-10,12,16-17H2,1H3;(H,6,7). The Morgan fingerprint density at radius 3 is 2.15 bits per heavy atom. The fourth-order valence-corrected chi connectivity index (χ4v) is 2.31. The molecule has 0 saturated heterocycles. The molecule has 0 amide bonds. The molecule has 2 rings (SSSR count). The number of rotatable bonds is 7. The molecular formula is C17H24F3N5O2. The van der Waals surface area contributed by atoms with Crippen molar-refractivity contribution in [3.63, 3.8) is 0 Å². The van der Waals surface area contributed by atoms with Crippen LogP contribution in [0.3, 0.4) is 0 Å². The van der Waals surface area contributed by atoms with Crippen LogP contribution >= 0.6 is 0 Å². The molecule has 150 valence electrons. The van der Waals surface area contributed by atoms with Gasteiger partial charge >= 0.3 is 12.1 Å². The molecule has 1 heterocycles. The highest BCUT2D eigenvalue weighted by Gasteiger charge is 2.38. The van der Waals surface area contributed by atoms with Crippen molar-refractivity contribution in [3.05, 3.63) is 47.8 Å². The number of para-hydroxylation sites is 1. The molecule has 0 aliphatic rings. The average Bonchev–Trinajstić information content (AvgIpc) is 2.96. The second-order valence-corrected chi connectivity index (χ2v) is 5.68. The van der Waals surface area contributed by atoms with Gasteiger partial charge in [-0.2, -0.15) is 18.3 Å². The maximum absolute atomic E-state index is 10.6. The predicted molar refractivity (Wildman–Crippen MR) is 95.4 cm³/mol. The van der Waals surface area contributed by atoms with Gasteiger partial charge in [0, 0.05) is 38.4 Å². The molecule has 0 spiro atoms. The van der Waals surface area contributed by atoms with Crippen LogP contribution in [0.4, 0.5) is 13.2 Å². The van der Waals surface area contributed by atoms with E-state index in [0.717, 1.165) is 36.7 Å². The van der Waals surface area contributed by atoms with Crippen molar-refractivity contribution in [3.8, 4) is 5.69 Å². The van der Waals surface area contributed by atoms with Crippen LogP contribution in [0.1, 0.15) is 11.4 Å². The zero-order valence-corrected chi connectivity index (χ0v) is 15.0. The first-order chi connectivity index (χ1) is 12.7. The summed E-state index contributed by atoms with van der Waals surface area (Å²) < 4.78 is 33.7. The minimum atomic E-state index is -5.08. The quantitative estimate of drug-likeness (QED) is 0.665. The summed E-state index contributed by atoms with van der Waals surface area (Å²) in [7, 11) is 0. The lowest BCUT2D eigenvalue weighted by molar-refractivity contribution is -0.192. The Hall–Kier alpha value is -2.43. The number of aromatic nitrogens is 2. The van der Waals surface area contributed by atoms with Gasteiger partial charge in [0.05, 0.1) is 11.4 Å². The normalized spacial score (nSPS) is 11.2. The van der Waals surface area contributed by atoms with E-state index < -0.39 is 12.1 Å². The van der Waals surface area contributed by atoms with Crippen molar-refractivity contribution in [2.24, 2.45) is 11.5 Å². The number of nitrogens with two attached hydrogens (primary N) is 2. The van der Waals surface area contributed by atoms with E-state index in [0.29, 0.717) is 13.1 Å². The SMILES string of the molecule is Cc1cc(CN(CCN)CCN)nn1-c1ccccc1.O=C(O)C(F)(F)F. The van der Waals surface area contributed by atoms with Crippen molar-refractivity contribution < 1.29 is 23.1 Å². The second kappa shape index (κ2) is 10.7. The number of halogens is 3. The summed E-state index contributed by atoms with van der Waals surface area (Å²) in [4.78, 5) is 11.1. The number of benzene rings is 1. The van der Waals surface area contributed by atoms with Crippen LogP contribution in [0, 0.1) is 6.92 Å². The molecule has 5 N–H and O–H groups in total. The van der Waals surface area contributed by atoms with Crippen LogP contribution in [-0.2, 0) is 11.3 Å². The van der Waals surface area contributed by atoms with Gasteiger partial charge in [0.1, 0.15) is 0 Å². The van der Waals surface area contributed by atoms with Crippen LogP contribution < -0.4 is 11.5 Å². The third kappa shape index (κ3) is 7.77. The van der Waals surface area contributed by atoms with Gasteiger partial charge in [-0.3, -0.25) is 4.90 Å². The largest absolute Gasteiger partial charge is 0.490 e. The Balaban J connectivity index is 0.000000445. The molecule has 10 heteroatoms. The number of nitrogens with zero attached hydrogens (tertiary/aromatic N) is 3. The second-order valence-electron chi connectivity index (χ2n) is 5.68. The zero-order valence-electron chi connectivity index (χ0n) is 15.0. The minimum absolute atomic E-state index is 0.637. The van der Waals surface area contributed by atoms with E-state index in [1.165, 1.54) is 0 Å². The van der Waals surface area contributed by atoms with Gasteiger partial charge in [0.25, 0.3) is 0 Å². The average molecular weight is 387 g/mol. The first-order valence-corrected chi connectivity index (χ1v) is 8.22. The van der Waals surface area contributed by atoms with Crippen molar-refractivity contribution in [1.29, 1.82) is 0 Å². The maximum atomic E-state index is 10.6. The summed E-state index contributed by atoms with van der Waals surface area (Å²) in [6, 6.07) is 12.3. The summed E-state index contributed by atoms with van der Waals surface area (Å²) >= 11 is 0. The van der Waals surface area contributed by atoms with Crippen LogP contribution in [0.25, 0.3) is 5.69 Å². The molecule has 0 aliphatic carbocycles. The van der Waals surface area contributed by atoms with Gasteiger partial charge in [0.15, 0.2) is 0 Å². The van der Waals surface area contributed by atoms with Crippen LogP contribution in [0.2, 0.25) is 0 Å². The smallest absolute Gasteiger partial charge is 0.475 e. The number of carboxylic acids is 1. The summed E-state index contributed by atoms with van der Waals surface area (Å²) in [5, 5.41) is 11.8. The molecule has 0 saturated carbocycles. The molecule has 1 aromatic carbocycles. The van der Waals surface area contributed by atoms with E-state index >= 15 is 0 Å². The van der Waals surface area contributed by atoms with Crippen LogP contribution in [0.15, 0.2) is 36.4 Å². The number of aryl methyl sites for hydroxylation is 1. The van der Waals surface area contributed by atoms with Gasteiger partial charge < -0.3 is 16.6 Å². The molecule has 0 unspecified atom stereocenters. The highest BCUT2D eigenvalue weighted by molar-refractivity contribution is 5.73. The number of aliphatic carboxylic acids is 1. The number of hydrogen-bond donors (Lipinski definition) is 3. The summed E-state index contributed by atoms with van der Waals surface area (Å²) in [5.74, 6) is -2.76. The molecule has 0 bridgehead atoms. The zero-order chi connectivity index (χ0) is 20.4. The molecule has 0 atom stereocenters. The highest BCUT2D eigenvalue weighted by atomic mass is 19.4. The van der Waals surface area contributed by atoms with Crippen molar-refractivity contribution in [1.82, 2.24) is 14.7 Å². The van der Waals surface area contributed by atoms with E-state index in [9.17, 15) is 13.2 Å². The van der Waals surface area contributed by atoms with E-state index in [1.807, 2.05) is 22.9 Å². The van der Waals surface area contributed by atoms with E-state index in [1.54, 1.807) is 0 Å².